The van der Waals surface area contributed by atoms with Crippen LogP contribution in [0.3, 0.4) is 0 Å². The number of H-pyrrole nitrogens is 1. The van der Waals surface area contributed by atoms with Crippen molar-refractivity contribution in [3.63, 3.8) is 0 Å². The lowest BCUT2D eigenvalue weighted by atomic mass is 10.2. The van der Waals surface area contributed by atoms with Crippen LogP contribution in [0.1, 0.15) is 42.9 Å². The summed E-state index contributed by atoms with van der Waals surface area (Å²) >= 11 is 0. The van der Waals surface area contributed by atoms with Crippen molar-refractivity contribution >= 4 is 17.5 Å². The predicted octanol–water partition coefficient (Wildman–Crippen LogP) is 0.608. The van der Waals surface area contributed by atoms with Gasteiger partial charge in [-0.2, -0.15) is 5.10 Å². The molecule has 0 aliphatic carbocycles. The maximum absolute atomic E-state index is 12.4. The molecule has 1 heterocycles. The molecule has 0 saturated carbocycles. The molecule has 3 N–H and O–H groups in total. The van der Waals surface area contributed by atoms with E-state index in [1.807, 2.05) is 6.92 Å². The first-order valence-electron chi connectivity index (χ1n) is 6.71. The van der Waals surface area contributed by atoms with E-state index in [-0.39, 0.29) is 23.6 Å². The molecule has 0 saturated heterocycles. The SMILES string of the molecule is CCCCN(CC(N)=O)C(=O)c1n[nH]c(CC)c1[N+](=O)[O-]. The summed E-state index contributed by atoms with van der Waals surface area (Å²) in [6.45, 7) is 3.65. The highest BCUT2D eigenvalue weighted by Crippen LogP contribution is 2.23. The highest BCUT2D eigenvalue weighted by atomic mass is 16.6. The van der Waals surface area contributed by atoms with Crippen molar-refractivity contribution in [1.82, 2.24) is 15.1 Å². The van der Waals surface area contributed by atoms with Gasteiger partial charge in [0.1, 0.15) is 5.69 Å². The first kappa shape index (κ1) is 16.6. The monoisotopic (exact) mass is 297 g/mol. The number of carbonyl (C=O) groups excluding carboxylic acids is 2. The maximum atomic E-state index is 12.4. The molecule has 1 aromatic rings. The van der Waals surface area contributed by atoms with E-state index in [1.54, 1.807) is 6.92 Å². The summed E-state index contributed by atoms with van der Waals surface area (Å²) in [5.74, 6) is -1.33. The van der Waals surface area contributed by atoms with E-state index in [2.05, 4.69) is 10.2 Å². The van der Waals surface area contributed by atoms with E-state index < -0.39 is 16.7 Å². The van der Waals surface area contributed by atoms with Crippen LogP contribution in [0.15, 0.2) is 0 Å². The highest BCUT2D eigenvalue weighted by molar-refractivity contribution is 5.98. The standard InChI is InChI=1S/C12H19N5O4/c1-3-5-6-16(7-9(13)18)12(19)10-11(17(20)21)8(4-2)14-15-10/h3-7H2,1-2H3,(H2,13,18)(H,14,15). The second-order valence-electron chi connectivity index (χ2n) is 4.56. The molecule has 0 unspecified atom stereocenters. The molecule has 0 radical (unpaired) electrons. The van der Waals surface area contributed by atoms with Gasteiger partial charge in [-0.1, -0.05) is 20.3 Å². The Morgan fingerprint density at radius 2 is 2.10 bits per heavy atom. The number of carbonyl (C=O) groups is 2. The molecule has 0 aliphatic rings. The minimum Gasteiger partial charge on any atom is -0.368 e. The molecule has 0 fully saturated rings. The van der Waals surface area contributed by atoms with Gasteiger partial charge < -0.3 is 10.6 Å². The Kier molecular flexibility index (Phi) is 5.82. The molecule has 0 spiro atoms. The molecular weight excluding hydrogens is 278 g/mol. The average molecular weight is 297 g/mol. The lowest BCUT2D eigenvalue weighted by Gasteiger charge is -2.19. The van der Waals surface area contributed by atoms with Crippen LogP contribution in [0.5, 0.6) is 0 Å². The minimum absolute atomic E-state index is 0.276. The topological polar surface area (TPSA) is 135 Å². The van der Waals surface area contributed by atoms with Crippen molar-refractivity contribution < 1.29 is 14.5 Å². The van der Waals surface area contributed by atoms with Crippen molar-refractivity contribution in [2.75, 3.05) is 13.1 Å². The first-order chi connectivity index (χ1) is 9.92. The van der Waals surface area contributed by atoms with Crippen LogP contribution in [-0.2, 0) is 11.2 Å². The molecule has 0 atom stereocenters. The number of amides is 2. The van der Waals surface area contributed by atoms with Crippen LogP contribution < -0.4 is 5.73 Å². The molecule has 0 aliphatic heterocycles. The quantitative estimate of drug-likeness (QED) is 0.535. The van der Waals surface area contributed by atoms with Gasteiger partial charge in [-0.25, -0.2) is 0 Å². The summed E-state index contributed by atoms with van der Waals surface area (Å²) in [6.07, 6.45) is 1.82. The average Bonchev–Trinajstić information content (AvgIpc) is 2.86. The largest absolute Gasteiger partial charge is 0.368 e. The summed E-state index contributed by atoms with van der Waals surface area (Å²) in [5.41, 5.74) is 4.77. The Bertz CT molecular complexity index is 540. The molecule has 1 aromatic heterocycles. The molecule has 1 rings (SSSR count). The van der Waals surface area contributed by atoms with Gasteiger partial charge in [-0.15, -0.1) is 0 Å². The molecule has 9 heteroatoms. The van der Waals surface area contributed by atoms with Gasteiger partial charge in [-0.05, 0) is 12.8 Å². The number of nitro groups is 1. The number of nitrogens with one attached hydrogen (secondary N) is 1. The normalized spacial score (nSPS) is 10.4. The number of aryl methyl sites for hydroxylation is 1. The zero-order chi connectivity index (χ0) is 16.0. The number of primary amides is 1. The number of aromatic amines is 1. The maximum Gasteiger partial charge on any atom is 0.322 e. The van der Waals surface area contributed by atoms with Crippen molar-refractivity contribution in [1.29, 1.82) is 0 Å². The molecule has 9 nitrogen and oxygen atoms in total. The Balaban J connectivity index is 3.10. The Morgan fingerprint density at radius 3 is 2.57 bits per heavy atom. The van der Waals surface area contributed by atoms with E-state index in [1.165, 1.54) is 4.90 Å². The van der Waals surface area contributed by atoms with Gasteiger partial charge in [0.05, 0.1) is 11.5 Å². The van der Waals surface area contributed by atoms with E-state index in [0.29, 0.717) is 19.4 Å². The minimum atomic E-state index is -0.673. The Morgan fingerprint density at radius 1 is 1.43 bits per heavy atom. The molecular formula is C12H19N5O4. The van der Waals surface area contributed by atoms with Gasteiger partial charge in [0.25, 0.3) is 5.91 Å². The summed E-state index contributed by atoms with van der Waals surface area (Å²) in [5, 5.41) is 17.3. The van der Waals surface area contributed by atoms with Crippen molar-refractivity contribution in [2.24, 2.45) is 5.73 Å². The lowest BCUT2D eigenvalue weighted by Crippen LogP contribution is -2.39. The van der Waals surface area contributed by atoms with Crippen molar-refractivity contribution in [3.05, 3.63) is 21.5 Å². The number of hydrogen-bond acceptors (Lipinski definition) is 5. The predicted molar refractivity (Wildman–Crippen MR) is 74.6 cm³/mol. The van der Waals surface area contributed by atoms with Crippen molar-refractivity contribution in [3.8, 4) is 0 Å². The second-order valence-corrected chi connectivity index (χ2v) is 4.56. The van der Waals surface area contributed by atoms with Crippen LogP contribution in [0.4, 0.5) is 5.69 Å². The molecule has 2 amide bonds. The highest BCUT2D eigenvalue weighted by Gasteiger charge is 2.31. The fourth-order valence-corrected chi connectivity index (χ4v) is 1.90. The molecule has 21 heavy (non-hydrogen) atoms. The van der Waals surface area contributed by atoms with Crippen LogP contribution in [0.25, 0.3) is 0 Å². The lowest BCUT2D eigenvalue weighted by molar-refractivity contribution is -0.385. The summed E-state index contributed by atoms with van der Waals surface area (Å²) in [4.78, 5) is 35.1. The van der Waals surface area contributed by atoms with Crippen LogP contribution in [0.2, 0.25) is 0 Å². The second kappa shape index (κ2) is 7.36. The number of aromatic nitrogens is 2. The zero-order valence-electron chi connectivity index (χ0n) is 12.1. The number of nitrogens with two attached hydrogens (primary N) is 1. The van der Waals surface area contributed by atoms with E-state index in [9.17, 15) is 19.7 Å². The number of unbranched alkanes of at least 4 members (excludes halogenated alkanes) is 1. The smallest absolute Gasteiger partial charge is 0.322 e. The number of rotatable bonds is 8. The van der Waals surface area contributed by atoms with Crippen molar-refractivity contribution in [2.45, 2.75) is 33.1 Å². The third-order valence-corrected chi connectivity index (χ3v) is 2.97. The van der Waals surface area contributed by atoms with Crippen LogP contribution >= 0.6 is 0 Å². The first-order valence-corrected chi connectivity index (χ1v) is 6.71. The van der Waals surface area contributed by atoms with Gasteiger partial charge in [0, 0.05) is 6.54 Å². The van der Waals surface area contributed by atoms with E-state index in [0.717, 1.165) is 6.42 Å². The van der Waals surface area contributed by atoms with E-state index in [4.69, 9.17) is 5.73 Å². The molecule has 116 valence electrons. The fraction of sp³-hybridized carbons (Fsp3) is 0.583. The van der Waals surface area contributed by atoms with Crippen LogP contribution in [-0.4, -0.2) is 44.9 Å². The number of nitrogens with zero attached hydrogens (tertiary/aromatic N) is 3. The third kappa shape index (κ3) is 4.01. The Labute approximate surface area is 121 Å². The van der Waals surface area contributed by atoms with Gasteiger partial charge in [0.15, 0.2) is 0 Å². The molecule has 0 bridgehead atoms. The molecule has 0 aromatic carbocycles. The zero-order valence-corrected chi connectivity index (χ0v) is 12.1. The van der Waals surface area contributed by atoms with E-state index >= 15 is 0 Å². The van der Waals surface area contributed by atoms with Crippen LogP contribution in [0, 0.1) is 10.1 Å². The number of hydrogen-bond donors (Lipinski definition) is 2. The summed E-state index contributed by atoms with van der Waals surface area (Å²) < 4.78 is 0. The Hall–Kier alpha value is -2.45. The van der Waals surface area contributed by atoms with Gasteiger partial charge >= 0.3 is 5.69 Å². The van der Waals surface area contributed by atoms with Gasteiger partial charge in [-0.3, -0.25) is 24.8 Å². The van der Waals surface area contributed by atoms with Gasteiger partial charge in [0.2, 0.25) is 11.6 Å². The fourth-order valence-electron chi connectivity index (χ4n) is 1.90. The third-order valence-electron chi connectivity index (χ3n) is 2.97. The summed E-state index contributed by atoms with van der Waals surface area (Å²) in [6, 6.07) is 0. The summed E-state index contributed by atoms with van der Waals surface area (Å²) in [7, 11) is 0.